The van der Waals surface area contributed by atoms with Crippen LogP contribution in [-0.2, 0) is 29.6 Å². The van der Waals surface area contributed by atoms with Gasteiger partial charge in [-0.05, 0) is 50.5 Å². The number of likely N-dealkylation sites (tertiary alicyclic amines) is 1. The van der Waals surface area contributed by atoms with Gasteiger partial charge in [-0.1, -0.05) is 13.8 Å². The number of piperidine rings is 1. The maximum absolute atomic E-state index is 13.3. The molecule has 2 aliphatic rings. The molecule has 11 nitrogen and oxygen atoms in total. The van der Waals surface area contributed by atoms with Crippen LogP contribution >= 0.6 is 0 Å². The van der Waals surface area contributed by atoms with E-state index >= 15 is 0 Å². The molecular formula is C23H36N4O7S2. The molecule has 2 amide bonds. The minimum Gasteiger partial charge on any atom is -0.450 e. The van der Waals surface area contributed by atoms with Gasteiger partial charge >= 0.3 is 6.09 Å². The Morgan fingerprint density at radius 1 is 0.972 bits per heavy atom. The van der Waals surface area contributed by atoms with Crippen LogP contribution in [0.1, 0.15) is 40.0 Å². The van der Waals surface area contributed by atoms with Crippen molar-refractivity contribution >= 4 is 32.0 Å². The van der Waals surface area contributed by atoms with Gasteiger partial charge in [0.1, 0.15) is 0 Å². The second-order valence-electron chi connectivity index (χ2n) is 8.90. The van der Waals surface area contributed by atoms with Crippen molar-refractivity contribution in [1.82, 2.24) is 18.8 Å². The number of nitrogens with zero attached hydrogens (tertiary/aromatic N) is 3. The van der Waals surface area contributed by atoms with Gasteiger partial charge in [-0.25, -0.2) is 21.6 Å². The Morgan fingerprint density at radius 3 is 2.22 bits per heavy atom. The van der Waals surface area contributed by atoms with Crippen LogP contribution in [-0.4, -0.2) is 94.3 Å². The zero-order valence-corrected chi connectivity index (χ0v) is 22.7. The predicted octanol–water partition coefficient (Wildman–Crippen LogP) is 1.46. The first kappa shape index (κ1) is 28.4. The Hall–Kier alpha value is -2.22. The van der Waals surface area contributed by atoms with Gasteiger partial charge in [-0.3, -0.25) is 4.79 Å². The number of hydrogen-bond donors (Lipinski definition) is 1. The molecule has 13 heteroatoms. The first-order valence-electron chi connectivity index (χ1n) is 12.4. The van der Waals surface area contributed by atoms with Crippen molar-refractivity contribution in [2.24, 2.45) is 5.92 Å². The van der Waals surface area contributed by atoms with Gasteiger partial charge in [-0.15, -0.1) is 0 Å². The van der Waals surface area contributed by atoms with Gasteiger partial charge in [0.15, 0.2) is 0 Å². The smallest absolute Gasteiger partial charge is 0.409 e. The number of sulfonamides is 2. The Balaban J connectivity index is 1.64. The van der Waals surface area contributed by atoms with E-state index in [0.717, 1.165) is 0 Å². The monoisotopic (exact) mass is 544 g/mol. The highest BCUT2D eigenvalue weighted by Crippen LogP contribution is 2.26. The number of amides is 2. The van der Waals surface area contributed by atoms with Crippen LogP contribution in [0, 0.1) is 5.92 Å². The molecule has 1 N–H and O–H groups in total. The quantitative estimate of drug-likeness (QED) is 0.498. The number of rotatable bonds is 9. The van der Waals surface area contributed by atoms with E-state index in [1.54, 1.807) is 25.7 Å². The molecule has 2 atom stereocenters. The number of carbonyl (C=O) groups excluding carboxylic acids is 2. The van der Waals surface area contributed by atoms with Crippen molar-refractivity contribution in [3.05, 3.63) is 24.3 Å². The summed E-state index contributed by atoms with van der Waals surface area (Å²) in [5.74, 6) is -0.737. The van der Waals surface area contributed by atoms with Crippen LogP contribution in [0.2, 0.25) is 0 Å². The third-order valence-corrected chi connectivity index (χ3v) is 10.6. The molecule has 0 spiro atoms. The summed E-state index contributed by atoms with van der Waals surface area (Å²) in [6, 6.07) is 5.03. The van der Waals surface area contributed by atoms with E-state index in [1.165, 1.54) is 32.9 Å². The van der Waals surface area contributed by atoms with Crippen LogP contribution < -0.4 is 5.32 Å². The molecule has 1 aromatic rings. The number of nitrogens with one attached hydrogen (secondary N) is 1. The molecule has 0 radical (unpaired) electrons. The summed E-state index contributed by atoms with van der Waals surface area (Å²) in [7, 11) is -7.59. The standard InChI is InChI=1S/C23H36N4O7S2/c1-4-26(5-2)35(30,31)20-9-11-21(12-10-20)36(32,33)27-14-7-8-18(16-27)22(28)24-19-13-15-25(17-19)23(29)34-6-3/h9-12,18-19H,4-8,13-17H2,1-3H3,(H,24,28)/t18-,19-/m1/s1. The average Bonchev–Trinajstić information content (AvgIpc) is 3.33. The highest BCUT2D eigenvalue weighted by atomic mass is 32.2. The first-order chi connectivity index (χ1) is 17.0. The van der Waals surface area contributed by atoms with Gasteiger partial charge in [-0.2, -0.15) is 8.61 Å². The second kappa shape index (κ2) is 11.9. The molecule has 2 fully saturated rings. The normalized spacial score (nSPS) is 21.5. The van der Waals surface area contributed by atoms with E-state index in [4.69, 9.17) is 4.74 Å². The third-order valence-electron chi connectivity index (χ3n) is 6.62. The van der Waals surface area contributed by atoms with E-state index in [-0.39, 0.29) is 41.4 Å². The van der Waals surface area contributed by atoms with Crippen molar-refractivity contribution in [1.29, 1.82) is 0 Å². The van der Waals surface area contributed by atoms with E-state index in [1.807, 2.05) is 0 Å². The minimum atomic E-state index is -3.90. The lowest BCUT2D eigenvalue weighted by Crippen LogP contribution is -2.48. The fourth-order valence-electron chi connectivity index (χ4n) is 4.60. The highest BCUT2D eigenvalue weighted by Gasteiger charge is 2.35. The lowest BCUT2D eigenvalue weighted by atomic mass is 9.98. The number of hydrogen-bond acceptors (Lipinski definition) is 7. The molecule has 202 valence electrons. The summed E-state index contributed by atoms with van der Waals surface area (Å²) in [5.41, 5.74) is 0. The summed E-state index contributed by atoms with van der Waals surface area (Å²) < 4.78 is 59.5. The molecule has 1 aromatic carbocycles. The summed E-state index contributed by atoms with van der Waals surface area (Å²) in [4.78, 5) is 26.4. The molecule has 2 heterocycles. The largest absolute Gasteiger partial charge is 0.450 e. The van der Waals surface area contributed by atoms with Crippen molar-refractivity contribution in [3.63, 3.8) is 0 Å². The molecule has 2 saturated heterocycles. The molecule has 0 aliphatic carbocycles. The molecule has 0 bridgehead atoms. The zero-order chi connectivity index (χ0) is 26.5. The lowest BCUT2D eigenvalue weighted by molar-refractivity contribution is -0.126. The highest BCUT2D eigenvalue weighted by molar-refractivity contribution is 7.89. The maximum Gasteiger partial charge on any atom is 0.409 e. The van der Waals surface area contributed by atoms with Gasteiger partial charge in [0, 0.05) is 45.3 Å². The summed E-state index contributed by atoms with van der Waals surface area (Å²) in [6.07, 6.45) is 1.31. The topological polar surface area (TPSA) is 133 Å². The van der Waals surface area contributed by atoms with Crippen LogP contribution in [0.3, 0.4) is 0 Å². The van der Waals surface area contributed by atoms with Crippen LogP contribution in [0.25, 0.3) is 0 Å². The Bertz CT molecular complexity index is 1140. The van der Waals surface area contributed by atoms with Crippen LogP contribution in [0.4, 0.5) is 4.79 Å². The average molecular weight is 545 g/mol. The van der Waals surface area contributed by atoms with E-state index in [2.05, 4.69) is 5.32 Å². The molecule has 0 unspecified atom stereocenters. The van der Waals surface area contributed by atoms with Gasteiger partial charge in [0.2, 0.25) is 26.0 Å². The fraction of sp³-hybridized carbons (Fsp3) is 0.652. The minimum absolute atomic E-state index is 0.0112. The SMILES string of the molecule is CCOC(=O)N1CC[C@@H](NC(=O)[C@@H]2CCCN(S(=O)(=O)c3ccc(S(=O)(=O)N(CC)CC)cc3)C2)C1. The van der Waals surface area contributed by atoms with E-state index < -0.39 is 32.1 Å². The van der Waals surface area contributed by atoms with E-state index in [0.29, 0.717) is 45.4 Å². The Morgan fingerprint density at radius 2 is 1.61 bits per heavy atom. The number of benzene rings is 1. The lowest BCUT2D eigenvalue weighted by Gasteiger charge is -2.32. The molecule has 3 rings (SSSR count). The predicted molar refractivity (Wildman–Crippen MR) is 133 cm³/mol. The Kier molecular flexibility index (Phi) is 9.36. The van der Waals surface area contributed by atoms with Crippen molar-refractivity contribution < 1.29 is 31.2 Å². The maximum atomic E-state index is 13.3. The first-order valence-corrected chi connectivity index (χ1v) is 15.2. The fourth-order valence-corrected chi connectivity index (χ4v) is 7.58. The van der Waals surface area contributed by atoms with Crippen molar-refractivity contribution in [3.8, 4) is 0 Å². The summed E-state index contributed by atoms with van der Waals surface area (Å²) in [5, 5.41) is 2.95. The summed E-state index contributed by atoms with van der Waals surface area (Å²) in [6.45, 7) is 7.32. The zero-order valence-electron chi connectivity index (χ0n) is 21.1. The molecule has 0 saturated carbocycles. The number of carbonyl (C=O) groups is 2. The van der Waals surface area contributed by atoms with Crippen molar-refractivity contribution in [2.75, 3.05) is 45.9 Å². The number of ether oxygens (including phenoxy) is 1. The van der Waals surface area contributed by atoms with Gasteiger partial charge in [0.05, 0.1) is 22.3 Å². The van der Waals surface area contributed by atoms with Crippen LogP contribution in [0.5, 0.6) is 0 Å². The molecule has 0 aromatic heterocycles. The van der Waals surface area contributed by atoms with Crippen LogP contribution in [0.15, 0.2) is 34.1 Å². The van der Waals surface area contributed by atoms with Gasteiger partial charge < -0.3 is 15.0 Å². The van der Waals surface area contributed by atoms with Crippen molar-refractivity contribution in [2.45, 2.75) is 55.9 Å². The van der Waals surface area contributed by atoms with E-state index in [9.17, 15) is 26.4 Å². The molecule has 36 heavy (non-hydrogen) atoms. The summed E-state index contributed by atoms with van der Waals surface area (Å²) >= 11 is 0. The third kappa shape index (κ3) is 6.18. The Labute approximate surface area is 213 Å². The molecule has 2 aliphatic heterocycles. The molecular weight excluding hydrogens is 508 g/mol. The second-order valence-corrected chi connectivity index (χ2v) is 12.8. The van der Waals surface area contributed by atoms with Gasteiger partial charge in [0.25, 0.3) is 0 Å².